The van der Waals surface area contributed by atoms with E-state index in [9.17, 15) is 8.42 Å². The molecule has 2 rings (SSSR count). The van der Waals surface area contributed by atoms with Gasteiger partial charge in [0, 0.05) is 6.04 Å². The summed E-state index contributed by atoms with van der Waals surface area (Å²) in [5.41, 5.74) is 8.03. The molecule has 0 aliphatic heterocycles. The summed E-state index contributed by atoms with van der Waals surface area (Å²) >= 11 is 0. The Bertz CT molecular complexity index is 492. The Labute approximate surface area is 96.6 Å². The van der Waals surface area contributed by atoms with Crippen molar-refractivity contribution in [3.05, 3.63) is 29.3 Å². The molecule has 0 radical (unpaired) electrons. The summed E-state index contributed by atoms with van der Waals surface area (Å²) in [5.74, 6) is 0.0196. The first kappa shape index (κ1) is 11.6. The van der Waals surface area contributed by atoms with Crippen molar-refractivity contribution in [2.75, 3.05) is 5.75 Å². The van der Waals surface area contributed by atoms with E-state index in [1.54, 1.807) is 13.0 Å². The molecule has 0 amide bonds. The summed E-state index contributed by atoms with van der Waals surface area (Å²) in [7, 11) is -3.21. The van der Waals surface area contributed by atoms with Gasteiger partial charge in [-0.15, -0.1) is 0 Å². The fraction of sp³-hybridized carbons (Fsp3) is 0.500. The van der Waals surface area contributed by atoms with Crippen LogP contribution in [-0.4, -0.2) is 20.2 Å². The third kappa shape index (κ3) is 2.28. The summed E-state index contributed by atoms with van der Waals surface area (Å²) in [6, 6.07) is 5.15. The van der Waals surface area contributed by atoms with Gasteiger partial charge in [0.25, 0.3) is 0 Å². The van der Waals surface area contributed by atoms with Crippen LogP contribution in [0.1, 0.15) is 24.5 Å². The Hall–Kier alpha value is -0.870. The number of sulfone groups is 1. The van der Waals surface area contributed by atoms with E-state index in [0.29, 0.717) is 4.90 Å². The number of hydrogen-bond donors (Lipinski definition) is 1. The van der Waals surface area contributed by atoms with E-state index in [1.165, 1.54) is 11.1 Å². The highest BCUT2D eigenvalue weighted by Gasteiger charge is 2.19. The summed E-state index contributed by atoms with van der Waals surface area (Å²) in [6.45, 7) is 1.71. The molecule has 0 saturated heterocycles. The van der Waals surface area contributed by atoms with Gasteiger partial charge in [-0.1, -0.05) is 6.07 Å². The van der Waals surface area contributed by atoms with Crippen LogP contribution in [0.3, 0.4) is 0 Å². The van der Waals surface area contributed by atoms with Crippen molar-refractivity contribution < 1.29 is 8.42 Å². The van der Waals surface area contributed by atoms with Gasteiger partial charge in [-0.25, -0.2) is 8.42 Å². The molecule has 1 atom stereocenters. The molecule has 0 saturated carbocycles. The highest BCUT2D eigenvalue weighted by molar-refractivity contribution is 7.91. The topological polar surface area (TPSA) is 60.2 Å². The molecule has 2 N–H and O–H groups in total. The molecule has 0 fully saturated rings. The largest absolute Gasteiger partial charge is 0.327 e. The Balaban J connectivity index is 2.34. The molecule has 88 valence electrons. The van der Waals surface area contributed by atoms with E-state index >= 15 is 0 Å². The molecule has 0 heterocycles. The lowest BCUT2D eigenvalue weighted by molar-refractivity contribution is 0.590. The first-order valence-electron chi connectivity index (χ1n) is 5.59. The predicted octanol–water partition coefficient (Wildman–Crippen LogP) is 1.30. The first-order valence-corrected chi connectivity index (χ1v) is 7.24. The molecule has 1 aromatic rings. The minimum atomic E-state index is -3.21. The second-order valence-corrected chi connectivity index (χ2v) is 6.58. The second kappa shape index (κ2) is 4.18. The molecule has 0 spiro atoms. The van der Waals surface area contributed by atoms with Crippen molar-refractivity contribution in [3.63, 3.8) is 0 Å². The third-order valence-corrected chi connectivity index (χ3v) is 4.85. The molecular weight excluding hydrogens is 222 g/mol. The van der Waals surface area contributed by atoms with Crippen LogP contribution >= 0.6 is 0 Å². The van der Waals surface area contributed by atoms with E-state index in [1.807, 2.05) is 12.1 Å². The molecule has 0 bridgehead atoms. The average Bonchev–Trinajstić information content (AvgIpc) is 2.61. The molecule has 1 unspecified atom stereocenters. The maximum Gasteiger partial charge on any atom is 0.179 e. The normalized spacial score (nSPS) is 17.1. The fourth-order valence-corrected chi connectivity index (χ4v) is 3.67. The smallest absolute Gasteiger partial charge is 0.179 e. The highest BCUT2D eigenvalue weighted by atomic mass is 32.2. The van der Waals surface area contributed by atoms with Gasteiger partial charge in [0.15, 0.2) is 9.84 Å². The van der Waals surface area contributed by atoms with Crippen molar-refractivity contribution in [2.24, 2.45) is 5.73 Å². The minimum Gasteiger partial charge on any atom is -0.327 e. The molecule has 1 aliphatic rings. The monoisotopic (exact) mass is 239 g/mol. The molecule has 4 heteroatoms. The van der Waals surface area contributed by atoms with E-state index < -0.39 is 9.84 Å². The van der Waals surface area contributed by atoms with Crippen LogP contribution in [0.15, 0.2) is 23.1 Å². The minimum absolute atomic E-state index is 0.0196. The van der Waals surface area contributed by atoms with Gasteiger partial charge in [-0.2, -0.15) is 0 Å². The van der Waals surface area contributed by atoms with Gasteiger partial charge in [0.05, 0.1) is 10.6 Å². The van der Waals surface area contributed by atoms with Crippen molar-refractivity contribution in [3.8, 4) is 0 Å². The Morgan fingerprint density at radius 2 is 2.00 bits per heavy atom. The summed E-state index contributed by atoms with van der Waals surface area (Å²) < 4.78 is 23.9. The summed E-state index contributed by atoms with van der Waals surface area (Å²) in [6.07, 6.45) is 3.20. The van der Waals surface area contributed by atoms with E-state index in [4.69, 9.17) is 5.73 Å². The maximum atomic E-state index is 12.0. The first-order chi connectivity index (χ1) is 7.49. The van der Waals surface area contributed by atoms with Gasteiger partial charge in [-0.3, -0.25) is 0 Å². The van der Waals surface area contributed by atoms with E-state index in [2.05, 4.69) is 0 Å². The van der Waals surface area contributed by atoms with Crippen molar-refractivity contribution in [1.29, 1.82) is 0 Å². The Morgan fingerprint density at radius 1 is 1.31 bits per heavy atom. The van der Waals surface area contributed by atoms with Gasteiger partial charge < -0.3 is 5.73 Å². The molecule has 1 aliphatic carbocycles. The third-order valence-electron chi connectivity index (χ3n) is 2.91. The fourth-order valence-electron chi connectivity index (χ4n) is 2.18. The van der Waals surface area contributed by atoms with Crippen molar-refractivity contribution >= 4 is 9.84 Å². The Morgan fingerprint density at radius 3 is 2.69 bits per heavy atom. The van der Waals surface area contributed by atoms with Crippen LogP contribution in [0.2, 0.25) is 0 Å². The lowest BCUT2D eigenvalue weighted by Gasteiger charge is -2.08. The second-order valence-electron chi connectivity index (χ2n) is 4.54. The quantitative estimate of drug-likeness (QED) is 0.864. The summed E-state index contributed by atoms with van der Waals surface area (Å²) in [5, 5.41) is 0. The number of benzene rings is 1. The lowest BCUT2D eigenvalue weighted by Crippen LogP contribution is -2.26. The lowest BCUT2D eigenvalue weighted by atomic mass is 10.1. The van der Waals surface area contributed by atoms with Crippen LogP contribution in [0.5, 0.6) is 0 Å². The zero-order valence-electron chi connectivity index (χ0n) is 9.44. The van der Waals surface area contributed by atoms with Crippen LogP contribution in [0, 0.1) is 0 Å². The predicted molar refractivity (Wildman–Crippen MR) is 64.2 cm³/mol. The maximum absolute atomic E-state index is 12.0. The molecule has 1 aromatic carbocycles. The molecule has 3 nitrogen and oxygen atoms in total. The van der Waals surface area contributed by atoms with Gasteiger partial charge >= 0.3 is 0 Å². The molecule has 0 aromatic heterocycles. The van der Waals surface area contributed by atoms with Crippen molar-refractivity contribution in [2.45, 2.75) is 37.1 Å². The van der Waals surface area contributed by atoms with Crippen LogP contribution in [0.25, 0.3) is 0 Å². The highest BCUT2D eigenvalue weighted by Crippen LogP contribution is 2.25. The van der Waals surface area contributed by atoms with Gasteiger partial charge in [-0.05, 0) is 49.4 Å². The number of rotatable bonds is 3. The Kier molecular flexibility index (Phi) is 3.04. The van der Waals surface area contributed by atoms with E-state index in [0.717, 1.165) is 19.3 Å². The zero-order chi connectivity index (χ0) is 11.8. The van der Waals surface area contributed by atoms with Crippen LogP contribution in [0.4, 0.5) is 0 Å². The van der Waals surface area contributed by atoms with Crippen LogP contribution < -0.4 is 5.73 Å². The number of aryl methyl sites for hydroxylation is 2. The van der Waals surface area contributed by atoms with Crippen LogP contribution in [-0.2, 0) is 22.7 Å². The molecular formula is C12H17NO2S. The van der Waals surface area contributed by atoms with E-state index in [-0.39, 0.29) is 11.8 Å². The summed E-state index contributed by atoms with van der Waals surface area (Å²) in [4.78, 5) is 0.422. The number of hydrogen-bond acceptors (Lipinski definition) is 3. The van der Waals surface area contributed by atoms with Gasteiger partial charge in [0.1, 0.15) is 0 Å². The zero-order valence-corrected chi connectivity index (χ0v) is 10.3. The van der Waals surface area contributed by atoms with Gasteiger partial charge in [0.2, 0.25) is 0 Å². The number of fused-ring (bicyclic) bond motifs is 1. The van der Waals surface area contributed by atoms with Crippen molar-refractivity contribution in [1.82, 2.24) is 0 Å². The number of nitrogens with two attached hydrogens (primary N) is 1. The molecule has 16 heavy (non-hydrogen) atoms. The standard InChI is InChI=1S/C12H17NO2S/c1-9(13)8-16(14,15)12-6-5-10-3-2-4-11(10)7-12/h5-7,9H,2-4,8,13H2,1H3. The SMILES string of the molecule is CC(N)CS(=O)(=O)c1ccc2c(c1)CCC2. The average molecular weight is 239 g/mol.